The summed E-state index contributed by atoms with van der Waals surface area (Å²) in [5, 5.41) is 5.25. The van der Waals surface area contributed by atoms with Crippen LogP contribution < -0.4 is 5.56 Å². The third-order valence-electron chi connectivity index (χ3n) is 5.25. The Morgan fingerprint density at radius 2 is 2.07 bits per heavy atom. The van der Waals surface area contributed by atoms with Gasteiger partial charge < -0.3 is 9.30 Å². The van der Waals surface area contributed by atoms with E-state index in [4.69, 9.17) is 4.74 Å². The first-order valence-electron chi connectivity index (χ1n) is 9.27. The predicted octanol–water partition coefficient (Wildman–Crippen LogP) is 3.20. The van der Waals surface area contributed by atoms with Crippen LogP contribution >= 0.6 is 0 Å². The highest BCUT2D eigenvalue weighted by Gasteiger charge is 2.19. The van der Waals surface area contributed by atoms with Crippen molar-refractivity contribution in [1.82, 2.24) is 19.2 Å². The maximum absolute atomic E-state index is 12.9. The summed E-state index contributed by atoms with van der Waals surface area (Å²) >= 11 is 0. The molecule has 0 bridgehead atoms. The molecule has 0 radical (unpaired) electrons. The lowest BCUT2D eigenvalue weighted by Crippen LogP contribution is -2.26. The van der Waals surface area contributed by atoms with Gasteiger partial charge in [-0.3, -0.25) is 4.79 Å². The second kappa shape index (κ2) is 6.32. The second-order valence-corrected chi connectivity index (χ2v) is 7.03. The van der Waals surface area contributed by atoms with E-state index in [1.165, 1.54) is 0 Å². The van der Waals surface area contributed by atoms with E-state index in [1.807, 2.05) is 37.4 Å². The average molecular weight is 360 g/mol. The molecule has 1 aliphatic heterocycles. The van der Waals surface area contributed by atoms with Crippen molar-refractivity contribution in [2.75, 3.05) is 6.61 Å². The Balaban J connectivity index is 1.67. The number of aromatic nitrogens is 4. The van der Waals surface area contributed by atoms with Gasteiger partial charge in [0.15, 0.2) is 5.65 Å². The molecule has 1 aromatic carbocycles. The van der Waals surface area contributed by atoms with Gasteiger partial charge in [0.05, 0.1) is 29.2 Å². The van der Waals surface area contributed by atoms with Gasteiger partial charge in [-0.1, -0.05) is 30.3 Å². The molecule has 0 unspecified atom stereocenters. The number of hydrogen-bond acceptors (Lipinski definition) is 4. The third kappa shape index (κ3) is 2.64. The van der Waals surface area contributed by atoms with Crippen LogP contribution in [0.25, 0.3) is 27.7 Å². The lowest BCUT2D eigenvalue weighted by molar-refractivity contribution is 0.0963. The molecule has 136 valence electrons. The molecule has 6 nitrogen and oxygen atoms in total. The molecule has 0 aliphatic carbocycles. The van der Waals surface area contributed by atoms with Crippen LogP contribution in [-0.2, 0) is 11.3 Å². The second-order valence-electron chi connectivity index (χ2n) is 7.03. The van der Waals surface area contributed by atoms with Crippen molar-refractivity contribution in [1.29, 1.82) is 0 Å². The van der Waals surface area contributed by atoms with Gasteiger partial charge in [0.25, 0.3) is 5.56 Å². The molecule has 4 heterocycles. The number of hydrogen-bond donors (Lipinski definition) is 0. The van der Waals surface area contributed by atoms with Crippen LogP contribution in [0.15, 0.2) is 53.6 Å². The van der Waals surface area contributed by atoms with Crippen LogP contribution in [0.3, 0.4) is 0 Å². The van der Waals surface area contributed by atoms with E-state index in [-0.39, 0.29) is 11.7 Å². The van der Waals surface area contributed by atoms with Gasteiger partial charge in [-0.2, -0.15) is 5.10 Å². The van der Waals surface area contributed by atoms with Gasteiger partial charge in [0, 0.05) is 24.6 Å². The van der Waals surface area contributed by atoms with Crippen LogP contribution in [0.5, 0.6) is 0 Å². The van der Waals surface area contributed by atoms with Gasteiger partial charge in [-0.05, 0) is 31.4 Å². The standard InChI is InChI=1S/C21H20N4O2/c1-14-19(15-6-3-2-4-7-15)20-22-12-17-18(25(20)23-14)9-10-24(21(17)26)13-16-8-5-11-27-16/h2-4,6-7,9-10,12,16H,5,8,11,13H2,1H3/t16-/m1/s1. The van der Waals surface area contributed by atoms with Crippen molar-refractivity contribution in [3.63, 3.8) is 0 Å². The van der Waals surface area contributed by atoms with Crippen LogP contribution in [0.2, 0.25) is 0 Å². The zero-order valence-electron chi connectivity index (χ0n) is 15.1. The fraction of sp³-hybridized carbons (Fsp3) is 0.286. The summed E-state index contributed by atoms with van der Waals surface area (Å²) in [7, 11) is 0. The zero-order valence-corrected chi connectivity index (χ0v) is 15.1. The first-order chi connectivity index (χ1) is 13.2. The number of nitrogens with zero attached hydrogens (tertiary/aromatic N) is 4. The van der Waals surface area contributed by atoms with Gasteiger partial charge in [-0.15, -0.1) is 0 Å². The maximum Gasteiger partial charge on any atom is 0.261 e. The molecule has 27 heavy (non-hydrogen) atoms. The van der Waals surface area contributed by atoms with E-state index in [9.17, 15) is 4.79 Å². The van der Waals surface area contributed by atoms with Gasteiger partial charge in [0.2, 0.25) is 0 Å². The molecular formula is C21H20N4O2. The number of fused-ring (bicyclic) bond motifs is 3. The van der Waals surface area contributed by atoms with Crippen molar-refractivity contribution in [2.24, 2.45) is 0 Å². The Morgan fingerprint density at radius 3 is 2.85 bits per heavy atom. The van der Waals surface area contributed by atoms with E-state index < -0.39 is 0 Å². The lowest BCUT2D eigenvalue weighted by Gasteiger charge is -2.12. The minimum absolute atomic E-state index is 0.0492. The molecule has 3 aromatic heterocycles. The zero-order chi connectivity index (χ0) is 18.4. The maximum atomic E-state index is 12.9. The Bertz CT molecular complexity index is 1190. The lowest BCUT2D eigenvalue weighted by atomic mass is 10.1. The number of pyridine rings is 1. The van der Waals surface area contributed by atoms with Crippen LogP contribution in [0.4, 0.5) is 0 Å². The minimum atomic E-state index is -0.0492. The Kier molecular flexibility index (Phi) is 3.79. The van der Waals surface area contributed by atoms with E-state index >= 15 is 0 Å². The van der Waals surface area contributed by atoms with E-state index in [2.05, 4.69) is 22.2 Å². The largest absolute Gasteiger partial charge is 0.376 e. The molecule has 5 rings (SSSR count). The van der Waals surface area contributed by atoms with Gasteiger partial charge in [0.1, 0.15) is 0 Å². The summed E-state index contributed by atoms with van der Waals surface area (Å²) in [6.07, 6.45) is 5.69. The highest BCUT2D eigenvalue weighted by Crippen LogP contribution is 2.28. The number of ether oxygens (including phenoxy) is 1. The quantitative estimate of drug-likeness (QED) is 0.563. The Hall–Kier alpha value is -2.99. The number of aryl methyl sites for hydroxylation is 1. The van der Waals surface area contributed by atoms with Crippen molar-refractivity contribution < 1.29 is 4.74 Å². The van der Waals surface area contributed by atoms with Crippen LogP contribution in [0, 0.1) is 6.92 Å². The molecule has 1 saturated heterocycles. The van der Waals surface area contributed by atoms with Crippen molar-refractivity contribution in [3.8, 4) is 11.1 Å². The molecule has 4 aromatic rings. The number of benzene rings is 1. The van der Waals surface area contributed by atoms with Crippen molar-refractivity contribution >= 4 is 16.6 Å². The summed E-state index contributed by atoms with van der Waals surface area (Å²) in [6.45, 7) is 3.34. The highest BCUT2D eigenvalue weighted by molar-refractivity contribution is 5.86. The molecule has 1 fully saturated rings. The van der Waals surface area contributed by atoms with Gasteiger partial charge in [-0.25, -0.2) is 9.50 Å². The van der Waals surface area contributed by atoms with E-state index in [0.29, 0.717) is 11.9 Å². The average Bonchev–Trinajstić information content (AvgIpc) is 3.31. The molecular weight excluding hydrogens is 340 g/mol. The topological polar surface area (TPSA) is 61.4 Å². The summed E-state index contributed by atoms with van der Waals surface area (Å²) in [5.74, 6) is 0. The summed E-state index contributed by atoms with van der Waals surface area (Å²) in [6, 6.07) is 12.0. The Labute approximate surface area is 156 Å². The first kappa shape index (κ1) is 16.2. The normalized spacial score (nSPS) is 17.1. The fourth-order valence-corrected chi connectivity index (χ4v) is 3.91. The summed E-state index contributed by atoms with van der Waals surface area (Å²) in [4.78, 5) is 17.5. The summed E-state index contributed by atoms with van der Waals surface area (Å²) < 4.78 is 9.17. The molecule has 0 N–H and O–H groups in total. The monoisotopic (exact) mass is 360 g/mol. The molecule has 0 saturated carbocycles. The van der Waals surface area contributed by atoms with E-state index in [1.54, 1.807) is 15.3 Å². The molecule has 6 heteroatoms. The SMILES string of the molecule is Cc1nn2c(ncc3c(=O)n(C[C@H]4CCCO4)ccc32)c1-c1ccccc1. The Morgan fingerprint density at radius 1 is 1.22 bits per heavy atom. The molecule has 0 amide bonds. The van der Waals surface area contributed by atoms with Gasteiger partial charge >= 0.3 is 0 Å². The minimum Gasteiger partial charge on any atom is -0.376 e. The highest BCUT2D eigenvalue weighted by atomic mass is 16.5. The van der Waals surface area contributed by atoms with Crippen molar-refractivity contribution in [2.45, 2.75) is 32.4 Å². The first-order valence-corrected chi connectivity index (χ1v) is 9.27. The smallest absolute Gasteiger partial charge is 0.261 e. The number of rotatable bonds is 3. The van der Waals surface area contributed by atoms with Crippen LogP contribution in [0.1, 0.15) is 18.5 Å². The fourth-order valence-electron chi connectivity index (χ4n) is 3.91. The van der Waals surface area contributed by atoms with Crippen LogP contribution in [-0.4, -0.2) is 31.9 Å². The summed E-state index contributed by atoms with van der Waals surface area (Å²) in [5.41, 5.74) is 4.46. The third-order valence-corrected chi connectivity index (χ3v) is 5.25. The molecule has 1 atom stereocenters. The van der Waals surface area contributed by atoms with Crippen molar-refractivity contribution in [3.05, 3.63) is 64.8 Å². The molecule has 0 spiro atoms. The predicted molar refractivity (Wildman–Crippen MR) is 104 cm³/mol. The molecule has 1 aliphatic rings. The van der Waals surface area contributed by atoms with E-state index in [0.717, 1.165) is 47.4 Å².